The summed E-state index contributed by atoms with van der Waals surface area (Å²) in [5.74, 6) is 0.448. The van der Waals surface area contributed by atoms with E-state index >= 15 is 0 Å². The van der Waals surface area contributed by atoms with Crippen molar-refractivity contribution in [2.45, 2.75) is 20.1 Å². The molecule has 1 aromatic carbocycles. The highest BCUT2D eigenvalue weighted by atomic mass is 35.5. The summed E-state index contributed by atoms with van der Waals surface area (Å²) in [4.78, 5) is 6.23. The Morgan fingerprint density at radius 2 is 2.04 bits per heavy atom. The van der Waals surface area contributed by atoms with Crippen LogP contribution in [0.2, 0.25) is 10.0 Å². The van der Waals surface area contributed by atoms with E-state index in [1.54, 1.807) is 7.05 Å². The van der Waals surface area contributed by atoms with Crippen molar-refractivity contribution in [2.75, 3.05) is 33.7 Å². The summed E-state index contributed by atoms with van der Waals surface area (Å²) in [7, 11) is 3.64. The second-order valence-corrected chi connectivity index (χ2v) is 5.85. The molecule has 136 valence electrons. The topological polar surface area (TPSA) is 48.9 Å². The first-order valence-electron chi connectivity index (χ1n) is 7.43. The Kier molecular flexibility index (Phi) is 9.10. The maximum absolute atomic E-state index is 12.5. The zero-order valence-electron chi connectivity index (χ0n) is 13.9. The number of guanidine groups is 1. The molecule has 1 rings (SSSR count). The van der Waals surface area contributed by atoms with Crippen LogP contribution in [0.5, 0.6) is 5.75 Å². The minimum atomic E-state index is -2.97. The van der Waals surface area contributed by atoms with E-state index in [0.29, 0.717) is 23.1 Å². The number of benzene rings is 1. The molecule has 1 aromatic rings. The van der Waals surface area contributed by atoms with Crippen molar-refractivity contribution in [1.29, 1.82) is 0 Å². The van der Waals surface area contributed by atoms with Crippen LogP contribution in [-0.4, -0.2) is 51.2 Å². The molecule has 5 nitrogen and oxygen atoms in total. The summed E-state index contributed by atoms with van der Waals surface area (Å²) in [5.41, 5.74) is 0.418. The van der Waals surface area contributed by atoms with Gasteiger partial charge in [-0.05, 0) is 25.7 Å². The lowest BCUT2D eigenvalue weighted by atomic mass is 10.2. The normalized spacial score (nSPS) is 12.0. The smallest absolute Gasteiger partial charge is 0.387 e. The van der Waals surface area contributed by atoms with Crippen molar-refractivity contribution in [2.24, 2.45) is 4.99 Å². The average Bonchev–Trinajstić information content (AvgIpc) is 2.52. The molecule has 0 spiro atoms. The van der Waals surface area contributed by atoms with Crippen LogP contribution in [0.3, 0.4) is 0 Å². The molecular formula is C15H22Cl2F2N4O. The third-order valence-corrected chi connectivity index (χ3v) is 3.79. The second-order valence-electron chi connectivity index (χ2n) is 5.00. The molecule has 0 aromatic heterocycles. The molecule has 0 aliphatic rings. The van der Waals surface area contributed by atoms with Crippen LogP contribution < -0.4 is 15.4 Å². The summed E-state index contributed by atoms with van der Waals surface area (Å²) < 4.78 is 29.6. The van der Waals surface area contributed by atoms with E-state index < -0.39 is 6.61 Å². The van der Waals surface area contributed by atoms with Gasteiger partial charge >= 0.3 is 6.61 Å². The van der Waals surface area contributed by atoms with E-state index in [4.69, 9.17) is 23.2 Å². The maximum Gasteiger partial charge on any atom is 0.387 e. The van der Waals surface area contributed by atoms with Gasteiger partial charge in [-0.15, -0.1) is 0 Å². The number of alkyl halides is 2. The van der Waals surface area contributed by atoms with Crippen LogP contribution >= 0.6 is 23.2 Å². The summed E-state index contributed by atoms with van der Waals surface area (Å²) >= 11 is 11.9. The molecule has 0 heterocycles. The van der Waals surface area contributed by atoms with Gasteiger partial charge in [0, 0.05) is 37.3 Å². The van der Waals surface area contributed by atoms with Gasteiger partial charge in [-0.2, -0.15) is 8.78 Å². The van der Waals surface area contributed by atoms with Crippen molar-refractivity contribution < 1.29 is 13.5 Å². The molecule has 0 bridgehead atoms. The molecule has 0 aliphatic heterocycles. The van der Waals surface area contributed by atoms with Crippen LogP contribution in [0.15, 0.2) is 17.1 Å². The lowest BCUT2D eigenvalue weighted by molar-refractivity contribution is -0.0504. The number of hydrogen-bond acceptors (Lipinski definition) is 3. The van der Waals surface area contributed by atoms with E-state index in [1.165, 1.54) is 12.1 Å². The number of hydrogen-bond donors (Lipinski definition) is 2. The van der Waals surface area contributed by atoms with E-state index in [0.717, 1.165) is 13.1 Å². The van der Waals surface area contributed by atoms with E-state index in [-0.39, 0.29) is 17.3 Å². The Hall–Kier alpha value is -1.31. The highest BCUT2D eigenvalue weighted by molar-refractivity contribution is 6.35. The fourth-order valence-corrected chi connectivity index (χ4v) is 2.47. The third kappa shape index (κ3) is 7.07. The SMILES string of the molecule is CCN(C)CCNC(=NC)NCc1cc(Cl)cc(Cl)c1OC(F)F. The second kappa shape index (κ2) is 10.5. The predicted molar refractivity (Wildman–Crippen MR) is 94.5 cm³/mol. The molecule has 0 aliphatic carbocycles. The Morgan fingerprint density at radius 3 is 2.62 bits per heavy atom. The number of rotatable bonds is 8. The Morgan fingerprint density at radius 1 is 1.33 bits per heavy atom. The van der Waals surface area contributed by atoms with Crippen molar-refractivity contribution in [3.8, 4) is 5.75 Å². The van der Waals surface area contributed by atoms with Gasteiger partial charge in [-0.25, -0.2) is 0 Å². The minimum absolute atomic E-state index is 0.0344. The highest BCUT2D eigenvalue weighted by Crippen LogP contribution is 2.33. The fourth-order valence-electron chi connectivity index (χ4n) is 1.89. The number of nitrogens with zero attached hydrogens (tertiary/aromatic N) is 2. The highest BCUT2D eigenvalue weighted by Gasteiger charge is 2.15. The zero-order valence-corrected chi connectivity index (χ0v) is 15.4. The molecule has 0 fully saturated rings. The maximum atomic E-state index is 12.5. The molecule has 0 atom stereocenters. The van der Waals surface area contributed by atoms with Gasteiger partial charge < -0.3 is 20.3 Å². The van der Waals surface area contributed by atoms with Crippen LogP contribution in [0, 0.1) is 0 Å². The number of aliphatic imine (C=N–C) groups is 1. The first-order valence-corrected chi connectivity index (χ1v) is 8.18. The third-order valence-electron chi connectivity index (χ3n) is 3.29. The number of halogens is 4. The van der Waals surface area contributed by atoms with Gasteiger partial charge in [0.15, 0.2) is 5.96 Å². The monoisotopic (exact) mass is 382 g/mol. The lowest BCUT2D eigenvalue weighted by Crippen LogP contribution is -2.40. The molecule has 24 heavy (non-hydrogen) atoms. The molecule has 2 N–H and O–H groups in total. The molecule has 0 saturated heterocycles. The molecular weight excluding hydrogens is 361 g/mol. The van der Waals surface area contributed by atoms with E-state index in [1.807, 2.05) is 7.05 Å². The number of likely N-dealkylation sites (N-methyl/N-ethyl adjacent to an activating group) is 1. The number of ether oxygens (including phenoxy) is 1. The van der Waals surface area contributed by atoms with Gasteiger partial charge in [0.05, 0.1) is 5.02 Å². The van der Waals surface area contributed by atoms with E-state index in [9.17, 15) is 8.78 Å². The van der Waals surface area contributed by atoms with Gasteiger partial charge in [-0.3, -0.25) is 4.99 Å². The van der Waals surface area contributed by atoms with Crippen molar-refractivity contribution in [1.82, 2.24) is 15.5 Å². The molecule has 0 amide bonds. The summed E-state index contributed by atoms with van der Waals surface area (Å²) in [6.07, 6.45) is 0. The van der Waals surface area contributed by atoms with Gasteiger partial charge in [0.25, 0.3) is 0 Å². The first kappa shape index (κ1) is 20.7. The van der Waals surface area contributed by atoms with Crippen LogP contribution in [-0.2, 0) is 6.54 Å². The summed E-state index contributed by atoms with van der Waals surface area (Å²) in [6.45, 7) is 1.78. The van der Waals surface area contributed by atoms with E-state index in [2.05, 4.69) is 32.2 Å². The van der Waals surface area contributed by atoms with Crippen molar-refractivity contribution >= 4 is 29.2 Å². The molecule has 0 radical (unpaired) electrons. The Bertz CT molecular complexity index is 559. The molecule has 0 saturated carbocycles. The standard InChI is InChI=1S/C15H22Cl2F2N4O/c1-4-23(3)6-5-21-15(20-2)22-9-10-7-11(16)8-12(17)13(10)24-14(18)19/h7-8,14H,4-6,9H2,1-3H3,(H2,20,21,22). The van der Waals surface area contributed by atoms with Crippen molar-refractivity contribution in [3.63, 3.8) is 0 Å². The Balaban J connectivity index is 2.70. The van der Waals surface area contributed by atoms with Gasteiger partial charge in [0.1, 0.15) is 5.75 Å². The van der Waals surface area contributed by atoms with Crippen molar-refractivity contribution in [3.05, 3.63) is 27.7 Å². The Labute approximate surface area is 151 Å². The average molecular weight is 383 g/mol. The van der Waals surface area contributed by atoms with Gasteiger partial charge in [-0.1, -0.05) is 30.1 Å². The lowest BCUT2D eigenvalue weighted by Gasteiger charge is -2.18. The first-order chi connectivity index (χ1) is 11.4. The largest absolute Gasteiger partial charge is 0.433 e. The molecule has 9 heteroatoms. The van der Waals surface area contributed by atoms with Gasteiger partial charge in [0.2, 0.25) is 0 Å². The number of nitrogens with one attached hydrogen (secondary N) is 2. The predicted octanol–water partition coefficient (Wildman–Crippen LogP) is 3.21. The summed E-state index contributed by atoms with van der Waals surface area (Å²) in [6, 6.07) is 2.88. The zero-order chi connectivity index (χ0) is 18.1. The van der Waals surface area contributed by atoms with Crippen LogP contribution in [0.1, 0.15) is 12.5 Å². The molecule has 0 unspecified atom stereocenters. The fraction of sp³-hybridized carbons (Fsp3) is 0.533. The minimum Gasteiger partial charge on any atom is -0.433 e. The van der Waals surface area contributed by atoms with Crippen LogP contribution in [0.25, 0.3) is 0 Å². The quantitative estimate of drug-likeness (QED) is 0.535. The summed E-state index contributed by atoms with van der Waals surface area (Å²) in [5, 5.41) is 6.53. The van der Waals surface area contributed by atoms with Crippen LogP contribution in [0.4, 0.5) is 8.78 Å².